The number of ether oxygens (including phenoxy) is 1. The van der Waals surface area contributed by atoms with Crippen LogP contribution in [0.5, 0.6) is 5.88 Å². The van der Waals surface area contributed by atoms with Gasteiger partial charge in [0.2, 0.25) is 11.8 Å². The zero-order valence-electron chi connectivity index (χ0n) is 11.0. The van der Waals surface area contributed by atoms with Gasteiger partial charge in [0.15, 0.2) is 0 Å². The fourth-order valence-electron chi connectivity index (χ4n) is 1.56. The fraction of sp³-hybridized carbons (Fsp3) is 0.667. The Morgan fingerprint density at radius 2 is 2.06 bits per heavy atom. The van der Waals surface area contributed by atoms with E-state index in [1.54, 1.807) is 12.3 Å². The first-order chi connectivity index (χ1) is 7.97. The van der Waals surface area contributed by atoms with E-state index >= 15 is 0 Å². The molecule has 0 bridgehead atoms. The molecule has 5 heteroatoms. The molecule has 96 valence electrons. The number of anilines is 1. The first kappa shape index (κ1) is 13.7. The zero-order chi connectivity index (χ0) is 12.8. The lowest BCUT2D eigenvalue weighted by atomic mass is 10.1. The van der Waals surface area contributed by atoms with Crippen LogP contribution in [0.3, 0.4) is 0 Å². The van der Waals surface area contributed by atoms with E-state index in [0.717, 1.165) is 6.42 Å². The summed E-state index contributed by atoms with van der Waals surface area (Å²) in [6, 6.07) is 2.15. The van der Waals surface area contributed by atoms with Gasteiger partial charge in [0.05, 0.1) is 6.10 Å². The predicted octanol–water partition coefficient (Wildman–Crippen LogP) is 1.80. The van der Waals surface area contributed by atoms with Gasteiger partial charge in [-0.25, -0.2) is 4.98 Å². The lowest BCUT2D eigenvalue weighted by molar-refractivity contribution is 0.232. The maximum absolute atomic E-state index is 5.74. The van der Waals surface area contributed by atoms with E-state index in [9.17, 15) is 0 Å². The number of nitrogens with one attached hydrogen (secondary N) is 1. The average Bonchev–Trinajstić information content (AvgIpc) is 2.14. The molecule has 0 saturated heterocycles. The van der Waals surface area contributed by atoms with E-state index in [2.05, 4.69) is 22.2 Å². The quantitative estimate of drug-likeness (QED) is 0.790. The number of aromatic nitrogens is 2. The van der Waals surface area contributed by atoms with Gasteiger partial charge in [0.1, 0.15) is 0 Å². The Bertz CT molecular complexity index is 341. The van der Waals surface area contributed by atoms with Crippen molar-refractivity contribution in [1.29, 1.82) is 0 Å². The Labute approximate surface area is 103 Å². The van der Waals surface area contributed by atoms with Gasteiger partial charge in [-0.05, 0) is 34.1 Å². The molecule has 2 unspecified atom stereocenters. The highest BCUT2D eigenvalue weighted by Crippen LogP contribution is 2.11. The van der Waals surface area contributed by atoms with Crippen molar-refractivity contribution in [3.63, 3.8) is 0 Å². The van der Waals surface area contributed by atoms with Crippen molar-refractivity contribution in [2.75, 3.05) is 5.32 Å². The summed E-state index contributed by atoms with van der Waals surface area (Å²) in [7, 11) is 0. The number of hydrogen-bond donors (Lipinski definition) is 2. The summed E-state index contributed by atoms with van der Waals surface area (Å²) in [6.07, 6.45) is 2.67. The molecule has 0 radical (unpaired) electrons. The topological polar surface area (TPSA) is 73.1 Å². The van der Waals surface area contributed by atoms with E-state index in [1.807, 2.05) is 20.8 Å². The second kappa shape index (κ2) is 6.39. The third-order valence-corrected chi connectivity index (χ3v) is 2.09. The predicted molar refractivity (Wildman–Crippen MR) is 69.1 cm³/mol. The van der Waals surface area contributed by atoms with E-state index in [-0.39, 0.29) is 18.2 Å². The van der Waals surface area contributed by atoms with Crippen molar-refractivity contribution in [3.8, 4) is 5.88 Å². The number of nitrogens with zero attached hydrogens (tertiary/aromatic N) is 2. The number of rotatable bonds is 6. The molecule has 1 rings (SSSR count). The molecule has 3 N–H and O–H groups in total. The van der Waals surface area contributed by atoms with E-state index in [0.29, 0.717) is 11.8 Å². The Kier molecular flexibility index (Phi) is 5.15. The molecule has 0 aliphatic carbocycles. The van der Waals surface area contributed by atoms with Crippen molar-refractivity contribution >= 4 is 5.95 Å². The third-order valence-electron chi connectivity index (χ3n) is 2.09. The lowest BCUT2D eigenvalue weighted by Crippen LogP contribution is -2.26. The lowest BCUT2D eigenvalue weighted by Gasteiger charge is -2.16. The van der Waals surface area contributed by atoms with Gasteiger partial charge >= 0.3 is 0 Å². The van der Waals surface area contributed by atoms with Crippen molar-refractivity contribution < 1.29 is 4.74 Å². The van der Waals surface area contributed by atoms with Crippen LogP contribution in [0.15, 0.2) is 12.3 Å². The number of nitrogens with two attached hydrogens (primary N) is 1. The van der Waals surface area contributed by atoms with Gasteiger partial charge in [-0.15, -0.1) is 0 Å². The highest BCUT2D eigenvalue weighted by molar-refractivity contribution is 5.28. The van der Waals surface area contributed by atoms with Crippen LogP contribution in [0.4, 0.5) is 5.95 Å². The van der Waals surface area contributed by atoms with E-state index < -0.39 is 0 Å². The smallest absolute Gasteiger partial charge is 0.226 e. The van der Waals surface area contributed by atoms with Crippen LogP contribution in [-0.2, 0) is 0 Å². The second-order valence-electron chi connectivity index (χ2n) is 4.64. The molecule has 0 spiro atoms. The van der Waals surface area contributed by atoms with Crippen molar-refractivity contribution in [1.82, 2.24) is 9.97 Å². The molecular weight excluding hydrogens is 216 g/mol. The molecule has 0 fully saturated rings. The molecule has 17 heavy (non-hydrogen) atoms. The highest BCUT2D eigenvalue weighted by Gasteiger charge is 2.08. The Morgan fingerprint density at radius 1 is 1.35 bits per heavy atom. The van der Waals surface area contributed by atoms with E-state index in [4.69, 9.17) is 10.5 Å². The standard InChI is InChI=1S/C12H22N4O/c1-8(2)17-11-5-6-14-12(16-11)15-10(4)7-9(3)13/h5-6,8-10H,7,13H2,1-4H3,(H,14,15,16). The van der Waals surface area contributed by atoms with Gasteiger partial charge in [-0.3, -0.25) is 0 Å². The molecule has 5 nitrogen and oxygen atoms in total. The van der Waals surface area contributed by atoms with E-state index in [1.165, 1.54) is 0 Å². The molecule has 0 aromatic carbocycles. The summed E-state index contributed by atoms with van der Waals surface area (Å²) in [5, 5.41) is 3.20. The van der Waals surface area contributed by atoms with Crippen LogP contribution >= 0.6 is 0 Å². The summed E-state index contributed by atoms with van der Waals surface area (Å²) in [4.78, 5) is 8.43. The SMILES string of the molecule is CC(N)CC(C)Nc1nccc(OC(C)C)n1. The summed E-state index contributed by atoms with van der Waals surface area (Å²) in [5.74, 6) is 1.17. The van der Waals surface area contributed by atoms with Gasteiger partial charge in [0.25, 0.3) is 0 Å². The monoisotopic (exact) mass is 238 g/mol. The maximum Gasteiger partial charge on any atom is 0.226 e. The first-order valence-corrected chi connectivity index (χ1v) is 5.99. The molecule has 1 heterocycles. The summed E-state index contributed by atoms with van der Waals surface area (Å²) in [6.45, 7) is 7.97. The van der Waals surface area contributed by atoms with Gasteiger partial charge in [-0.1, -0.05) is 0 Å². The summed E-state index contributed by atoms with van der Waals surface area (Å²) in [5.41, 5.74) is 5.74. The Balaban J connectivity index is 2.59. The van der Waals surface area contributed by atoms with Crippen molar-refractivity contribution in [3.05, 3.63) is 12.3 Å². The Morgan fingerprint density at radius 3 is 2.65 bits per heavy atom. The van der Waals surface area contributed by atoms with Crippen molar-refractivity contribution in [2.24, 2.45) is 5.73 Å². The van der Waals surface area contributed by atoms with Crippen LogP contribution < -0.4 is 15.8 Å². The Hall–Kier alpha value is -1.36. The molecule has 0 saturated carbocycles. The van der Waals surface area contributed by atoms with Gasteiger partial charge in [0, 0.05) is 24.3 Å². The summed E-state index contributed by atoms with van der Waals surface area (Å²) >= 11 is 0. The molecular formula is C12H22N4O. The minimum absolute atomic E-state index is 0.110. The molecule has 1 aromatic rings. The molecule has 0 aliphatic rings. The molecule has 2 atom stereocenters. The van der Waals surface area contributed by atoms with Gasteiger partial charge < -0.3 is 15.8 Å². The zero-order valence-corrected chi connectivity index (χ0v) is 11.0. The third kappa shape index (κ3) is 5.49. The average molecular weight is 238 g/mol. The minimum atomic E-state index is 0.110. The normalized spacial score (nSPS) is 14.5. The van der Waals surface area contributed by atoms with Crippen LogP contribution in [0.25, 0.3) is 0 Å². The van der Waals surface area contributed by atoms with Crippen LogP contribution in [-0.4, -0.2) is 28.2 Å². The minimum Gasteiger partial charge on any atom is -0.475 e. The van der Waals surface area contributed by atoms with Crippen LogP contribution in [0, 0.1) is 0 Å². The maximum atomic E-state index is 5.74. The molecule has 0 aliphatic heterocycles. The highest BCUT2D eigenvalue weighted by atomic mass is 16.5. The number of hydrogen-bond acceptors (Lipinski definition) is 5. The second-order valence-corrected chi connectivity index (χ2v) is 4.64. The van der Waals surface area contributed by atoms with Crippen LogP contribution in [0.2, 0.25) is 0 Å². The van der Waals surface area contributed by atoms with Crippen molar-refractivity contribution in [2.45, 2.75) is 52.3 Å². The van der Waals surface area contributed by atoms with Gasteiger partial charge in [-0.2, -0.15) is 4.98 Å². The molecule has 1 aromatic heterocycles. The summed E-state index contributed by atoms with van der Waals surface area (Å²) < 4.78 is 5.50. The molecule has 0 amide bonds. The fourth-order valence-corrected chi connectivity index (χ4v) is 1.56. The first-order valence-electron chi connectivity index (χ1n) is 5.99. The largest absolute Gasteiger partial charge is 0.475 e. The van der Waals surface area contributed by atoms with Crippen LogP contribution in [0.1, 0.15) is 34.1 Å².